The Labute approximate surface area is 199 Å². The fourth-order valence-corrected chi connectivity index (χ4v) is 4.67. The van der Waals surface area contributed by atoms with Crippen LogP contribution in [0.4, 0.5) is 0 Å². The van der Waals surface area contributed by atoms with Crippen LogP contribution in [-0.4, -0.2) is 67.1 Å². The highest BCUT2D eigenvalue weighted by Crippen LogP contribution is 2.39. The van der Waals surface area contributed by atoms with E-state index in [0.29, 0.717) is 29.1 Å². The number of hydrogen-bond donors (Lipinski definition) is 1. The molecule has 4 rings (SSSR count). The summed E-state index contributed by atoms with van der Waals surface area (Å²) < 4.78 is 1.88. The third-order valence-corrected chi connectivity index (χ3v) is 6.62. The molecule has 3 aromatic rings. The first kappa shape index (κ1) is 23.6. The van der Waals surface area contributed by atoms with E-state index in [1.165, 1.54) is 0 Å². The molecule has 3 aromatic heterocycles. The number of aromatic nitrogens is 3. The van der Waals surface area contributed by atoms with Gasteiger partial charge in [0.15, 0.2) is 5.76 Å². The van der Waals surface area contributed by atoms with Crippen molar-refractivity contribution in [3.05, 3.63) is 70.9 Å². The van der Waals surface area contributed by atoms with Crippen LogP contribution in [0.5, 0.6) is 0 Å². The molecule has 1 unspecified atom stereocenters. The topological polar surface area (TPSA) is 91.0 Å². The van der Waals surface area contributed by atoms with Gasteiger partial charge in [0.1, 0.15) is 11.3 Å². The second-order valence-electron chi connectivity index (χ2n) is 8.59. The Morgan fingerprint density at radius 1 is 1.15 bits per heavy atom. The van der Waals surface area contributed by atoms with Gasteiger partial charge >= 0.3 is 0 Å². The van der Waals surface area contributed by atoms with E-state index < -0.39 is 17.7 Å². The summed E-state index contributed by atoms with van der Waals surface area (Å²) in [4.78, 5) is 39.0. The lowest BCUT2D eigenvalue weighted by atomic mass is 9.97. The maximum absolute atomic E-state index is 13.2. The van der Waals surface area contributed by atoms with Crippen LogP contribution < -0.4 is 0 Å². The molecular weight excluding hydrogens is 430 g/mol. The summed E-state index contributed by atoms with van der Waals surface area (Å²) in [7, 11) is 0. The molecule has 1 atom stereocenters. The van der Waals surface area contributed by atoms with Crippen molar-refractivity contribution in [2.75, 3.05) is 26.2 Å². The minimum Gasteiger partial charge on any atom is -0.505 e. The standard InChI is InChI=1S/C26H31N5O3/c1-5-29(6-2)13-9-15-31-22(19-11-7-12-27-16-19)20(24(33)26(31)34)23(32)21-18(4)30-14-8-10-17(3)25(30)28-21/h7-8,10-12,14,16,22,32H,5-6,9,13,15H2,1-4H3. The van der Waals surface area contributed by atoms with Crippen LogP contribution in [0, 0.1) is 13.8 Å². The second-order valence-corrected chi connectivity index (χ2v) is 8.59. The highest BCUT2D eigenvalue weighted by molar-refractivity contribution is 6.46. The van der Waals surface area contributed by atoms with Crippen molar-refractivity contribution in [3.8, 4) is 0 Å². The lowest BCUT2D eigenvalue weighted by molar-refractivity contribution is -0.140. The highest BCUT2D eigenvalue weighted by Gasteiger charge is 2.46. The number of Topliss-reactive ketones (excluding diaryl/α,β-unsaturated/α-hetero) is 1. The largest absolute Gasteiger partial charge is 0.505 e. The monoisotopic (exact) mass is 461 g/mol. The number of amides is 1. The SMILES string of the molecule is CCN(CC)CCCN1C(=O)C(=O)C(=C(O)c2nc3c(C)cccn3c2C)C1c1cccnc1. The van der Waals surface area contributed by atoms with Crippen molar-refractivity contribution in [2.24, 2.45) is 0 Å². The summed E-state index contributed by atoms with van der Waals surface area (Å²) >= 11 is 0. The van der Waals surface area contributed by atoms with Gasteiger partial charge in [-0.3, -0.25) is 14.6 Å². The van der Waals surface area contributed by atoms with Gasteiger partial charge in [-0.1, -0.05) is 26.0 Å². The van der Waals surface area contributed by atoms with E-state index in [9.17, 15) is 14.7 Å². The van der Waals surface area contributed by atoms with E-state index >= 15 is 0 Å². The van der Waals surface area contributed by atoms with Crippen LogP contribution in [-0.2, 0) is 9.59 Å². The fraction of sp³-hybridized carbons (Fsp3) is 0.385. The number of pyridine rings is 2. The number of carbonyl (C=O) groups is 2. The van der Waals surface area contributed by atoms with Crippen LogP contribution in [0.3, 0.4) is 0 Å². The molecule has 0 spiro atoms. The molecular formula is C26H31N5O3. The predicted molar refractivity (Wildman–Crippen MR) is 130 cm³/mol. The number of likely N-dealkylation sites (tertiary alicyclic amines) is 1. The third-order valence-electron chi connectivity index (χ3n) is 6.62. The first-order valence-electron chi connectivity index (χ1n) is 11.7. The number of aliphatic hydroxyl groups excluding tert-OH is 1. The van der Waals surface area contributed by atoms with E-state index in [1.54, 1.807) is 23.4 Å². The number of hydrogen-bond acceptors (Lipinski definition) is 6. The van der Waals surface area contributed by atoms with Gasteiger partial charge in [0.2, 0.25) is 0 Å². The zero-order valence-electron chi connectivity index (χ0n) is 20.2. The molecule has 1 saturated heterocycles. The number of nitrogens with zero attached hydrogens (tertiary/aromatic N) is 5. The Morgan fingerprint density at radius 3 is 2.56 bits per heavy atom. The molecule has 4 heterocycles. The second kappa shape index (κ2) is 9.77. The minimum atomic E-state index is -0.712. The Morgan fingerprint density at radius 2 is 1.91 bits per heavy atom. The normalized spacial score (nSPS) is 17.9. The summed E-state index contributed by atoms with van der Waals surface area (Å²) in [5.41, 5.74) is 3.41. The summed E-state index contributed by atoms with van der Waals surface area (Å²) in [6.45, 7) is 11.1. The van der Waals surface area contributed by atoms with Crippen molar-refractivity contribution in [3.63, 3.8) is 0 Å². The summed E-state index contributed by atoms with van der Waals surface area (Å²) in [5.74, 6) is -1.55. The van der Waals surface area contributed by atoms with E-state index in [4.69, 9.17) is 0 Å². The molecule has 8 nitrogen and oxygen atoms in total. The molecule has 1 amide bonds. The average molecular weight is 462 g/mol. The molecule has 0 aliphatic carbocycles. The van der Waals surface area contributed by atoms with Crippen LogP contribution >= 0.6 is 0 Å². The number of fused-ring (bicyclic) bond motifs is 1. The molecule has 8 heteroatoms. The third kappa shape index (κ3) is 4.09. The highest BCUT2D eigenvalue weighted by atomic mass is 16.3. The molecule has 178 valence electrons. The number of rotatable bonds is 8. The Bertz CT molecular complexity index is 1240. The summed E-state index contributed by atoms with van der Waals surface area (Å²) in [5, 5.41) is 11.4. The lowest BCUT2D eigenvalue weighted by Crippen LogP contribution is -2.33. The van der Waals surface area contributed by atoms with Crippen molar-refractivity contribution >= 4 is 23.1 Å². The van der Waals surface area contributed by atoms with Gasteiger partial charge in [0.25, 0.3) is 11.7 Å². The van der Waals surface area contributed by atoms with Crippen molar-refractivity contribution in [1.29, 1.82) is 0 Å². The zero-order chi connectivity index (χ0) is 24.4. The quantitative estimate of drug-likeness (QED) is 0.314. The van der Waals surface area contributed by atoms with Crippen molar-refractivity contribution in [1.82, 2.24) is 24.2 Å². The Hall–Kier alpha value is -3.52. The van der Waals surface area contributed by atoms with Gasteiger partial charge in [-0.25, -0.2) is 4.98 Å². The van der Waals surface area contributed by atoms with E-state index in [1.807, 2.05) is 42.6 Å². The molecule has 1 N–H and O–H groups in total. The van der Waals surface area contributed by atoms with E-state index in [2.05, 4.69) is 28.7 Å². The van der Waals surface area contributed by atoms with E-state index in [-0.39, 0.29) is 11.3 Å². The number of ketones is 1. The number of aliphatic hydroxyl groups is 1. The summed E-state index contributed by atoms with van der Waals surface area (Å²) in [6.07, 6.45) is 5.87. The molecule has 34 heavy (non-hydrogen) atoms. The Balaban J connectivity index is 1.80. The van der Waals surface area contributed by atoms with Crippen LogP contribution in [0.15, 0.2) is 48.4 Å². The van der Waals surface area contributed by atoms with Gasteiger partial charge in [-0.2, -0.15) is 0 Å². The van der Waals surface area contributed by atoms with Crippen LogP contribution in [0.25, 0.3) is 11.4 Å². The molecule has 0 aromatic carbocycles. The molecule has 0 radical (unpaired) electrons. The smallest absolute Gasteiger partial charge is 0.295 e. The van der Waals surface area contributed by atoms with Gasteiger partial charge in [-0.05, 0) is 63.2 Å². The maximum atomic E-state index is 13.2. The van der Waals surface area contributed by atoms with Gasteiger partial charge in [-0.15, -0.1) is 0 Å². The fourth-order valence-electron chi connectivity index (χ4n) is 4.67. The van der Waals surface area contributed by atoms with Gasteiger partial charge in [0.05, 0.1) is 17.3 Å². The number of carbonyl (C=O) groups excluding carboxylic acids is 2. The molecule has 1 aliphatic heterocycles. The van der Waals surface area contributed by atoms with Gasteiger partial charge < -0.3 is 19.3 Å². The minimum absolute atomic E-state index is 0.0602. The van der Waals surface area contributed by atoms with Crippen LogP contribution in [0.2, 0.25) is 0 Å². The number of imidazole rings is 1. The summed E-state index contributed by atoms with van der Waals surface area (Å²) in [6, 6.07) is 6.73. The average Bonchev–Trinajstić information content (AvgIpc) is 3.32. The van der Waals surface area contributed by atoms with Crippen molar-refractivity contribution < 1.29 is 14.7 Å². The maximum Gasteiger partial charge on any atom is 0.295 e. The van der Waals surface area contributed by atoms with E-state index in [0.717, 1.165) is 31.6 Å². The lowest BCUT2D eigenvalue weighted by Gasteiger charge is -2.26. The van der Waals surface area contributed by atoms with Crippen molar-refractivity contribution in [2.45, 2.75) is 40.2 Å². The molecule has 1 fully saturated rings. The first-order chi connectivity index (χ1) is 16.4. The van der Waals surface area contributed by atoms with Crippen LogP contribution in [0.1, 0.15) is 48.8 Å². The van der Waals surface area contributed by atoms with Gasteiger partial charge in [0, 0.05) is 25.1 Å². The zero-order valence-corrected chi connectivity index (χ0v) is 20.2. The predicted octanol–water partition coefficient (Wildman–Crippen LogP) is 3.50. The molecule has 0 saturated carbocycles. The number of aryl methyl sites for hydroxylation is 2. The molecule has 0 bridgehead atoms. The molecule has 1 aliphatic rings. The first-order valence-corrected chi connectivity index (χ1v) is 11.7. The Kier molecular flexibility index (Phi) is 6.79.